The number of nitro groups is 1. The fourth-order valence-electron chi connectivity index (χ4n) is 3.21. The molecule has 0 aliphatic carbocycles. The van der Waals surface area contributed by atoms with Gasteiger partial charge in [-0.3, -0.25) is 10.1 Å². The predicted molar refractivity (Wildman–Crippen MR) is 101 cm³/mol. The van der Waals surface area contributed by atoms with Gasteiger partial charge in [0.05, 0.1) is 4.92 Å². The number of piperidine rings is 1. The van der Waals surface area contributed by atoms with Crippen molar-refractivity contribution < 1.29 is 17.8 Å². The van der Waals surface area contributed by atoms with Gasteiger partial charge in [-0.15, -0.1) is 10.2 Å². The van der Waals surface area contributed by atoms with Gasteiger partial charge < -0.3 is 4.42 Å². The second-order valence-electron chi connectivity index (χ2n) is 6.36. The topological polar surface area (TPSA) is 119 Å². The Balaban J connectivity index is 1.49. The van der Waals surface area contributed by atoms with E-state index in [9.17, 15) is 18.5 Å². The lowest BCUT2D eigenvalue weighted by Crippen LogP contribution is -2.38. The summed E-state index contributed by atoms with van der Waals surface area (Å²) >= 11 is 1.53. The monoisotopic (exact) mass is 420 g/mol. The molecule has 1 aromatic carbocycles. The number of hydrogen-bond acceptors (Lipinski definition) is 8. The zero-order valence-electron chi connectivity index (χ0n) is 14.6. The summed E-state index contributed by atoms with van der Waals surface area (Å²) in [6.07, 6.45) is 1.01. The van der Waals surface area contributed by atoms with E-state index in [-0.39, 0.29) is 23.9 Å². The summed E-state index contributed by atoms with van der Waals surface area (Å²) in [5, 5.41) is 23.2. The second kappa shape index (κ2) is 7.41. The van der Waals surface area contributed by atoms with Crippen LogP contribution in [0.4, 0.5) is 5.69 Å². The molecule has 0 bridgehead atoms. The number of aromatic nitrogens is 2. The normalized spacial score (nSPS) is 16.3. The highest BCUT2D eigenvalue weighted by molar-refractivity contribution is 7.89. The largest absolute Gasteiger partial charge is 0.420 e. The first-order valence-electron chi connectivity index (χ1n) is 8.56. The third kappa shape index (κ3) is 3.43. The van der Waals surface area contributed by atoms with Crippen molar-refractivity contribution in [2.45, 2.75) is 23.7 Å². The van der Waals surface area contributed by atoms with Crippen molar-refractivity contribution in [3.8, 4) is 11.5 Å². The number of nitrogens with zero attached hydrogens (tertiary/aromatic N) is 4. The molecule has 0 spiro atoms. The first-order chi connectivity index (χ1) is 13.5. The number of nitro benzene ring substituents is 1. The second-order valence-corrected chi connectivity index (χ2v) is 9.05. The molecule has 3 heterocycles. The van der Waals surface area contributed by atoms with E-state index in [1.807, 2.05) is 16.8 Å². The van der Waals surface area contributed by atoms with Crippen LogP contribution in [0.2, 0.25) is 0 Å². The fourth-order valence-corrected chi connectivity index (χ4v) is 5.47. The van der Waals surface area contributed by atoms with E-state index in [2.05, 4.69) is 10.2 Å². The highest BCUT2D eigenvalue weighted by Gasteiger charge is 2.35. The summed E-state index contributed by atoms with van der Waals surface area (Å²) < 4.78 is 32.8. The van der Waals surface area contributed by atoms with Crippen LogP contribution in [-0.2, 0) is 10.0 Å². The Kier molecular flexibility index (Phi) is 4.96. The third-order valence-electron chi connectivity index (χ3n) is 4.69. The van der Waals surface area contributed by atoms with E-state index >= 15 is 0 Å². The van der Waals surface area contributed by atoms with Crippen molar-refractivity contribution in [1.29, 1.82) is 0 Å². The molecule has 9 nitrogen and oxygen atoms in total. The van der Waals surface area contributed by atoms with Gasteiger partial charge in [0.1, 0.15) is 0 Å². The Labute approximate surface area is 164 Å². The lowest BCUT2D eigenvalue weighted by molar-refractivity contribution is -0.387. The molecule has 0 unspecified atom stereocenters. The van der Waals surface area contributed by atoms with Crippen molar-refractivity contribution in [2.24, 2.45) is 0 Å². The first kappa shape index (κ1) is 18.7. The van der Waals surface area contributed by atoms with Gasteiger partial charge in [0.25, 0.3) is 5.69 Å². The Bertz CT molecular complexity index is 1090. The van der Waals surface area contributed by atoms with Crippen molar-refractivity contribution in [2.75, 3.05) is 13.1 Å². The maximum absolute atomic E-state index is 12.9. The molecule has 1 aliphatic heterocycles. The smallest absolute Gasteiger partial charge is 0.289 e. The Hall–Kier alpha value is -2.63. The van der Waals surface area contributed by atoms with Gasteiger partial charge in [0.15, 0.2) is 4.90 Å². The molecule has 0 amide bonds. The predicted octanol–water partition coefficient (Wildman–Crippen LogP) is 3.27. The number of sulfonamides is 1. The molecular weight excluding hydrogens is 404 g/mol. The number of benzene rings is 1. The lowest BCUT2D eigenvalue weighted by Gasteiger charge is -2.29. The highest BCUT2D eigenvalue weighted by atomic mass is 32.2. The fraction of sp³-hybridized carbons (Fsp3) is 0.294. The number of para-hydroxylation sites is 1. The van der Waals surface area contributed by atoms with Gasteiger partial charge in [0, 0.05) is 36.0 Å². The molecule has 2 aromatic heterocycles. The van der Waals surface area contributed by atoms with E-state index in [1.165, 1.54) is 39.9 Å². The van der Waals surface area contributed by atoms with E-state index in [0.29, 0.717) is 24.6 Å². The molecule has 11 heteroatoms. The van der Waals surface area contributed by atoms with Crippen LogP contribution in [0.1, 0.15) is 24.7 Å². The minimum atomic E-state index is -3.95. The molecule has 4 rings (SSSR count). The summed E-state index contributed by atoms with van der Waals surface area (Å²) in [5.41, 5.74) is 0.446. The molecule has 0 N–H and O–H groups in total. The van der Waals surface area contributed by atoms with Crippen molar-refractivity contribution in [1.82, 2.24) is 14.5 Å². The van der Waals surface area contributed by atoms with Crippen molar-refractivity contribution in [3.05, 3.63) is 57.1 Å². The van der Waals surface area contributed by atoms with E-state index in [0.717, 1.165) is 5.56 Å². The SMILES string of the molecule is O=[N+]([O-])c1ccccc1S(=O)(=O)N1CCC(c2nnc(-c3ccsc3)o2)CC1. The van der Waals surface area contributed by atoms with E-state index in [4.69, 9.17) is 4.42 Å². The highest BCUT2D eigenvalue weighted by Crippen LogP contribution is 2.33. The van der Waals surface area contributed by atoms with Gasteiger partial charge in [-0.05, 0) is 30.4 Å². The maximum atomic E-state index is 12.9. The summed E-state index contributed by atoms with van der Waals surface area (Å²) in [4.78, 5) is 10.2. The summed E-state index contributed by atoms with van der Waals surface area (Å²) in [7, 11) is -3.95. The molecule has 3 aromatic rings. The standard InChI is InChI=1S/C17H16N4O5S2/c22-21(23)14-3-1-2-4-15(14)28(24,25)20-8-5-12(6-9-20)16-18-19-17(26-16)13-7-10-27-11-13/h1-4,7,10-12H,5-6,8-9H2. The van der Waals surface area contributed by atoms with Crippen LogP contribution < -0.4 is 0 Å². The molecule has 28 heavy (non-hydrogen) atoms. The molecule has 1 saturated heterocycles. The van der Waals surface area contributed by atoms with Gasteiger partial charge in [-0.1, -0.05) is 12.1 Å². The van der Waals surface area contributed by atoms with Crippen LogP contribution >= 0.6 is 11.3 Å². The van der Waals surface area contributed by atoms with Crippen molar-refractivity contribution >= 4 is 27.0 Å². The quantitative estimate of drug-likeness (QED) is 0.459. The molecule has 1 fully saturated rings. The van der Waals surface area contributed by atoms with Crippen LogP contribution in [0.15, 0.2) is 50.4 Å². The zero-order chi connectivity index (χ0) is 19.7. The average molecular weight is 420 g/mol. The Morgan fingerprint density at radius 3 is 2.61 bits per heavy atom. The molecular formula is C17H16N4O5S2. The van der Waals surface area contributed by atoms with Crippen LogP contribution in [0, 0.1) is 10.1 Å². The summed E-state index contributed by atoms with van der Waals surface area (Å²) in [6.45, 7) is 0.463. The minimum Gasteiger partial charge on any atom is -0.420 e. The number of thiophene rings is 1. The van der Waals surface area contributed by atoms with Gasteiger partial charge in [-0.2, -0.15) is 15.6 Å². The average Bonchev–Trinajstić information content (AvgIpc) is 3.40. The van der Waals surface area contributed by atoms with Crippen LogP contribution in [0.3, 0.4) is 0 Å². The van der Waals surface area contributed by atoms with Crippen molar-refractivity contribution in [3.63, 3.8) is 0 Å². The number of rotatable bonds is 5. The molecule has 146 valence electrons. The van der Waals surface area contributed by atoms with E-state index < -0.39 is 20.6 Å². The summed E-state index contributed by atoms with van der Waals surface area (Å²) in [6, 6.07) is 7.29. The lowest BCUT2D eigenvalue weighted by atomic mass is 9.98. The van der Waals surface area contributed by atoms with Gasteiger partial charge >= 0.3 is 0 Å². The van der Waals surface area contributed by atoms with Crippen LogP contribution in [0.25, 0.3) is 11.5 Å². The Morgan fingerprint density at radius 1 is 1.18 bits per heavy atom. The maximum Gasteiger partial charge on any atom is 0.289 e. The number of hydrogen-bond donors (Lipinski definition) is 0. The Morgan fingerprint density at radius 2 is 1.93 bits per heavy atom. The van der Waals surface area contributed by atoms with E-state index in [1.54, 1.807) is 0 Å². The molecule has 0 radical (unpaired) electrons. The third-order valence-corrected chi connectivity index (χ3v) is 7.32. The summed E-state index contributed by atoms with van der Waals surface area (Å²) in [5.74, 6) is 0.896. The van der Waals surface area contributed by atoms with Crippen LogP contribution in [0.5, 0.6) is 0 Å². The zero-order valence-corrected chi connectivity index (χ0v) is 16.2. The minimum absolute atomic E-state index is 0.0444. The molecule has 0 atom stereocenters. The molecule has 1 aliphatic rings. The van der Waals surface area contributed by atoms with Gasteiger partial charge in [-0.25, -0.2) is 8.42 Å². The molecule has 0 saturated carbocycles. The van der Waals surface area contributed by atoms with Crippen LogP contribution in [-0.4, -0.2) is 40.9 Å². The van der Waals surface area contributed by atoms with Gasteiger partial charge in [0.2, 0.25) is 21.8 Å². The first-order valence-corrected chi connectivity index (χ1v) is 10.9.